The molecule has 0 spiro atoms. The van der Waals surface area contributed by atoms with Crippen LogP contribution in [-0.2, 0) is 20.7 Å². The van der Waals surface area contributed by atoms with Gasteiger partial charge in [-0.2, -0.15) is 5.26 Å². The highest BCUT2D eigenvalue weighted by molar-refractivity contribution is 7.95. The molecule has 0 aromatic heterocycles. The van der Waals surface area contributed by atoms with E-state index in [0.717, 1.165) is 0 Å². The van der Waals surface area contributed by atoms with Gasteiger partial charge in [-0.25, -0.2) is 13.2 Å². The first-order valence-corrected chi connectivity index (χ1v) is 11.2. The maximum Gasteiger partial charge on any atom is 0.337 e. The summed E-state index contributed by atoms with van der Waals surface area (Å²) >= 11 is 0. The Morgan fingerprint density at radius 2 is 1.48 bits per heavy atom. The maximum atomic E-state index is 13.1. The summed E-state index contributed by atoms with van der Waals surface area (Å²) < 4.78 is 26.2. The van der Waals surface area contributed by atoms with Crippen LogP contribution in [0.15, 0.2) is 46.2 Å². The number of rotatable bonds is 4. The highest BCUT2D eigenvalue weighted by Gasteiger charge is 2.29. The zero-order valence-corrected chi connectivity index (χ0v) is 19.3. The third-order valence-electron chi connectivity index (χ3n) is 4.85. The van der Waals surface area contributed by atoms with Crippen LogP contribution in [-0.4, -0.2) is 24.6 Å². The fraction of sp³-hybridized carbons (Fsp3) is 0.333. The standard InChI is InChI=1S/C24H27NO5S/c1-23(2,3)18-12-15(13-19(21(18)26)24(4,5)6)11-16(14-25)31(29,30)20-10-8-7-9-17(20)22(27)28/h7-13,26H,1-6H3,(H,27,28). The highest BCUT2D eigenvalue weighted by Crippen LogP contribution is 2.40. The average Bonchev–Trinajstić information content (AvgIpc) is 2.64. The summed E-state index contributed by atoms with van der Waals surface area (Å²) in [7, 11) is -4.38. The van der Waals surface area contributed by atoms with Crippen molar-refractivity contribution in [2.75, 3.05) is 0 Å². The van der Waals surface area contributed by atoms with Crippen molar-refractivity contribution >= 4 is 21.9 Å². The molecule has 164 valence electrons. The number of aromatic carboxylic acids is 1. The summed E-state index contributed by atoms with van der Waals surface area (Å²) in [6, 6.07) is 10.2. The van der Waals surface area contributed by atoms with Crippen molar-refractivity contribution in [3.63, 3.8) is 0 Å². The van der Waals surface area contributed by atoms with Gasteiger partial charge in [-0.05, 0) is 46.7 Å². The Morgan fingerprint density at radius 1 is 1.00 bits per heavy atom. The topological polar surface area (TPSA) is 115 Å². The lowest BCUT2D eigenvalue weighted by molar-refractivity contribution is 0.0692. The van der Waals surface area contributed by atoms with E-state index >= 15 is 0 Å². The van der Waals surface area contributed by atoms with E-state index in [1.54, 1.807) is 18.2 Å². The molecule has 0 saturated heterocycles. The first-order chi connectivity index (χ1) is 14.1. The predicted octanol–water partition coefficient (Wildman–Crippen LogP) is 5.02. The van der Waals surface area contributed by atoms with E-state index in [1.165, 1.54) is 30.3 Å². The summed E-state index contributed by atoms with van der Waals surface area (Å²) in [5, 5.41) is 29.8. The number of allylic oxidation sites excluding steroid dienone is 1. The smallest absolute Gasteiger partial charge is 0.337 e. The first kappa shape index (κ1) is 24.2. The van der Waals surface area contributed by atoms with E-state index in [9.17, 15) is 28.7 Å². The molecule has 2 aromatic carbocycles. The van der Waals surface area contributed by atoms with Crippen LogP contribution in [0.1, 0.15) is 68.6 Å². The zero-order chi connectivity index (χ0) is 23.8. The minimum Gasteiger partial charge on any atom is -0.507 e. The molecular weight excluding hydrogens is 414 g/mol. The highest BCUT2D eigenvalue weighted by atomic mass is 32.2. The fourth-order valence-electron chi connectivity index (χ4n) is 3.20. The summed E-state index contributed by atoms with van der Waals surface area (Å²) in [5.74, 6) is -1.26. The minimum atomic E-state index is -4.38. The van der Waals surface area contributed by atoms with Gasteiger partial charge in [0, 0.05) is 11.1 Å². The average molecular weight is 442 g/mol. The lowest BCUT2D eigenvalue weighted by atomic mass is 9.78. The number of phenolic OH excluding ortho intramolecular Hbond substituents is 1. The number of nitriles is 1. The van der Waals surface area contributed by atoms with Crippen molar-refractivity contribution in [1.82, 2.24) is 0 Å². The van der Waals surface area contributed by atoms with Gasteiger partial charge in [0.15, 0.2) is 0 Å². The second-order valence-electron chi connectivity index (χ2n) is 9.39. The van der Waals surface area contributed by atoms with Gasteiger partial charge in [-0.1, -0.05) is 53.7 Å². The van der Waals surface area contributed by atoms with Crippen molar-refractivity contribution in [1.29, 1.82) is 5.26 Å². The van der Waals surface area contributed by atoms with Crippen LogP contribution in [0.5, 0.6) is 5.75 Å². The lowest BCUT2D eigenvalue weighted by Crippen LogP contribution is -2.17. The summed E-state index contributed by atoms with van der Waals surface area (Å²) in [4.78, 5) is 10.5. The van der Waals surface area contributed by atoms with Crippen molar-refractivity contribution in [3.05, 3.63) is 63.6 Å². The second kappa shape index (κ2) is 8.20. The molecule has 7 heteroatoms. The Labute approximate surface area is 183 Å². The number of carboxylic acids is 1. The van der Waals surface area contributed by atoms with Gasteiger partial charge in [0.2, 0.25) is 9.84 Å². The molecule has 0 bridgehead atoms. The van der Waals surface area contributed by atoms with E-state index in [-0.39, 0.29) is 5.75 Å². The van der Waals surface area contributed by atoms with Crippen LogP contribution in [0.4, 0.5) is 0 Å². The number of sulfone groups is 1. The van der Waals surface area contributed by atoms with Crippen LogP contribution in [0, 0.1) is 11.3 Å². The van der Waals surface area contributed by atoms with Crippen LogP contribution >= 0.6 is 0 Å². The second-order valence-corrected chi connectivity index (χ2v) is 11.3. The molecule has 31 heavy (non-hydrogen) atoms. The molecule has 0 radical (unpaired) electrons. The Morgan fingerprint density at radius 3 is 1.90 bits per heavy atom. The third kappa shape index (κ3) is 4.97. The van der Waals surface area contributed by atoms with Gasteiger partial charge >= 0.3 is 5.97 Å². The van der Waals surface area contributed by atoms with Gasteiger partial charge in [0.25, 0.3) is 0 Å². The number of carboxylic acid groups (broad SMARTS) is 1. The number of hydrogen-bond acceptors (Lipinski definition) is 5. The van der Waals surface area contributed by atoms with Crippen molar-refractivity contribution in [2.24, 2.45) is 0 Å². The zero-order valence-electron chi connectivity index (χ0n) is 18.5. The number of aromatic hydroxyl groups is 1. The Hall–Kier alpha value is -3.11. The minimum absolute atomic E-state index is 0.134. The van der Waals surface area contributed by atoms with Gasteiger partial charge < -0.3 is 10.2 Å². The van der Waals surface area contributed by atoms with E-state index in [4.69, 9.17) is 0 Å². The summed E-state index contributed by atoms with van der Waals surface area (Å²) in [5.41, 5.74) is 0.393. The normalized spacial score (nSPS) is 13.0. The van der Waals surface area contributed by atoms with E-state index in [1.807, 2.05) is 41.5 Å². The first-order valence-electron chi connectivity index (χ1n) is 9.68. The van der Waals surface area contributed by atoms with Gasteiger partial charge in [-0.3, -0.25) is 0 Å². The van der Waals surface area contributed by atoms with Gasteiger partial charge in [-0.15, -0.1) is 0 Å². The molecule has 0 amide bonds. The number of phenols is 1. The fourth-order valence-corrected chi connectivity index (χ4v) is 4.55. The third-order valence-corrected chi connectivity index (χ3v) is 6.58. The molecule has 2 N–H and O–H groups in total. The van der Waals surface area contributed by atoms with E-state index < -0.39 is 42.0 Å². The Bertz CT molecular complexity index is 1170. The van der Waals surface area contributed by atoms with Gasteiger partial charge in [0.1, 0.15) is 16.7 Å². The predicted molar refractivity (Wildman–Crippen MR) is 120 cm³/mol. The molecule has 0 atom stereocenters. The quantitative estimate of drug-likeness (QED) is 0.643. The van der Waals surface area contributed by atoms with Crippen LogP contribution in [0.2, 0.25) is 0 Å². The molecule has 2 rings (SSSR count). The number of carbonyl (C=O) groups is 1. The Kier molecular flexibility index (Phi) is 6.39. The molecule has 0 aliphatic heterocycles. The Balaban J connectivity index is 2.81. The molecule has 0 heterocycles. The molecule has 0 saturated carbocycles. The van der Waals surface area contributed by atoms with Gasteiger partial charge in [0.05, 0.1) is 10.5 Å². The molecule has 0 unspecified atom stereocenters. The van der Waals surface area contributed by atoms with Crippen molar-refractivity contribution in [3.8, 4) is 11.8 Å². The van der Waals surface area contributed by atoms with Crippen LogP contribution in [0.25, 0.3) is 6.08 Å². The molecule has 0 fully saturated rings. The van der Waals surface area contributed by atoms with Crippen molar-refractivity contribution in [2.45, 2.75) is 57.3 Å². The summed E-state index contributed by atoms with van der Waals surface area (Å²) in [6.45, 7) is 11.5. The molecule has 6 nitrogen and oxygen atoms in total. The summed E-state index contributed by atoms with van der Waals surface area (Å²) in [6.07, 6.45) is 1.22. The number of nitrogens with zero attached hydrogens (tertiary/aromatic N) is 1. The van der Waals surface area contributed by atoms with Crippen LogP contribution in [0.3, 0.4) is 0 Å². The van der Waals surface area contributed by atoms with Crippen LogP contribution < -0.4 is 0 Å². The lowest BCUT2D eigenvalue weighted by Gasteiger charge is -2.28. The van der Waals surface area contributed by atoms with Crippen molar-refractivity contribution < 1.29 is 23.4 Å². The van der Waals surface area contributed by atoms with E-state index in [0.29, 0.717) is 16.7 Å². The largest absolute Gasteiger partial charge is 0.507 e. The monoisotopic (exact) mass is 441 g/mol. The molecular formula is C24H27NO5S. The maximum absolute atomic E-state index is 13.1. The SMILES string of the molecule is CC(C)(C)c1cc(C=C(C#N)S(=O)(=O)c2ccccc2C(=O)O)cc(C(C)(C)C)c1O. The molecule has 0 aliphatic rings. The number of benzene rings is 2. The van der Waals surface area contributed by atoms with E-state index in [2.05, 4.69) is 0 Å². The molecule has 2 aromatic rings. The molecule has 0 aliphatic carbocycles. The number of hydrogen-bond donors (Lipinski definition) is 2.